The van der Waals surface area contributed by atoms with Gasteiger partial charge in [0.15, 0.2) is 11.5 Å². The lowest BCUT2D eigenvalue weighted by Crippen LogP contribution is -2.28. The van der Waals surface area contributed by atoms with Gasteiger partial charge >= 0.3 is 0 Å². The molecule has 1 heterocycles. The minimum atomic E-state index is -0.274. The fourth-order valence-electron chi connectivity index (χ4n) is 2.05. The summed E-state index contributed by atoms with van der Waals surface area (Å²) < 4.78 is 5.32. The zero-order chi connectivity index (χ0) is 15.4. The molecule has 6 heteroatoms. The van der Waals surface area contributed by atoms with Crippen LogP contribution in [0, 0.1) is 6.92 Å². The molecule has 1 aromatic heterocycles. The van der Waals surface area contributed by atoms with Crippen LogP contribution in [0.5, 0.6) is 5.75 Å². The van der Waals surface area contributed by atoms with E-state index in [1.165, 1.54) is 17.3 Å². The van der Waals surface area contributed by atoms with E-state index in [0.29, 0.717) is 6.54 Å². The van der Waals surface area contributed by atoms with E-state index >= 15 is 0 Å². The van der Waals surface area contributed by atoms with Crippen LogP contribution in [0.3, 0.4) is 0 Å². The summed E-state index contributed by atoms with van der Waals surface area (Å²) in [6.45, 7) is 2.39. The van der Waals surface area contributed by atoms with Crippen molar-refractivity contribution < 1.29 is 9.53 Å². The Morgan fingerprint density at radius 2 is 2.05 bits per heavy atom. The van der Waals surface area contributed by atoms with Gasteiger partial charge in [0.05, 0.1) is 7.11 Å². The van der Waals surface area contributed by atoms with E-state index in [1.54, 1.807) is 14.2 Å². The van der Waals surface area contributed by atoms with Gasteiger partial charge < -0.3 is 15.4 Å². The fourth-order valence-corrected chi connectivity index (χ4v) is 2.05. The third-order valence-corrected chi connectivity index (χ3v) is 3.12. The van der Waals surface area contributed by atoms with Gasteiger partial charge in [0.25, 0.3) is 5.91 Å². The number of anilines is 1. The van der Waals surface area contributed by atoms with E-state index in [-0.39, 0.29) is 17.4 Å². The van der Waals surface area contributed by atoms with Crippen LogP contribution in [-0.2, 0) is 6.54 Å². The van der Waals surface area contributed by atoms with E-state index < -0.39 is 0 Å². The molecule has 0 fully saturated rings. The normalized spacial score (nSPS) is 10.2. The highest BCUT2D eigenvalue weighted by Crippen LogP contribution is 2.21. The van der Waals surface area contributed by atoms with E-state index in [4.69, 9.17) is 10.5 Å². The molecule has 2 aromatic rings. The van der Waals surface area contributed by atoms with Crippen LogP contribution < -0.4 is 10.5 Å². The average Bonchev–Trinajstić information content (AvgIpc) is 2.47. The number of hydrogen-bond donors (Lipinski definition) is 1. The SMILES string of the molecule is COc1ccc(C)cc1CN(C)C(=O)c1nccnc1N. The number of ether oxygens (including phenoxy) is 1. The maximum absolute atomic E-state index is 12.4. The topological polar surface area (TPSA) is 81.3 Å². The standard InChI is InChI=1S/C15H18N4O2/c1-10-4-5-12(21-3)11(8-10)9-19(2)15(20)13-14(16)18-7-6-17-13/h4-8H,9H2,1-3H3,(H2,16,18). The van der Waals surface area contributed by atoms with Crippen LogP contribution in [0.1, 0.15) is 21.6 Å². The van der Waals surface area contributed by atoms with Gasteiger partial charge in [-0.2, -0.15) is 0 Å². The predicted octanol–water partition coefficient (Wildman–Crippen LogP) is 1.65. The zero-order valence-electron chi connectivity index (χ0n) is 12.3. The molecule has 0 saturated heterocycles. The Bertz CT molecular complexity index is 658. The van der Waals surface area contributed by atoms with E-state index in [9.17, 15) is 4.79 Å². The Labute approximate surface area is 123 Å². The molecule has 0 saturated carbocycles. The average molecular weight is 286 g/mol. The maximum atomic E-state index is 12.4. The number of nitrogens with two attached hydrogens (primary N) is 1. The van der Waals surface area contributed by atoms with Crippen molar-refractivity contribution >= 4 is 11.7 Å². The number of rotatable bonds is 4. The van der Waals surface area contributed by atoms with Crippen LogP contribution in [-0.4, -0.2) is 34.9 Å². The van der Waals surface area contributed by atoms with Crippen LogP contribution in [0.15, 0.2) is 30.6 Å². The van der Waals surface area contributed by atoms with Crippen molar-refractivity contribution in [3.05, 3.63) is 47.4 Å². The lowest BCUT2D eigenvalue weighted by molar-refractivity contribution is 0.0779. The molecule has 1 amide bonds. The first-order valence-corrected chi connectivity index (χ1v) is 6.48. The number of hydrogen-bond acceptors (Lipinski definition) is 5. The third kappa shape index (κ3) is 3.28. The maximum Gasteiger partial charge on any atom is 0.276 e. The van der Waals surface area contributed by atoms with Crippen molar-refractivity contribution in [3.8, 4) is 5.75 Å². The van der Waals surface area contributed by atoms with Crippen molar-refractivity contribution in [3.63, 3.8) is 0 Å². The molecule has 21 heavy (non-hydrogen) atoms. The van der Waals surface area contributed by atoms with Crippen molar-refractivity contribution in [2.45, 2.75) is 13.5 Å². The van der Waals surface area contributed by atoms with Gasteiger partial charge in [-0.1, -0.05) is 17.7 Å². The van der Waals surface area contributed by atoms with E-state index in [1.807, 2.05) is 25.1 Å². The summed E-state index contributed by atoms with van der Waals surface area (Å²) >= 11 is 0. The number of carbonyl (C=O) groups excluding carboxylic acids is 1. The molecule has 2 rings (SSSR count). The first-order chi connectivity index (χ1) is 10.0. The summed E-state index contributed by atoms with van der Waals surface area (Å²) in [6, 6.07) is 5.84. The van der Waals surface area contributed by atoms with Gasteiger partial charge in [0, 0.05) is 31.5 Å². The van der Waals surface area contributed by atoms with Gasteiger partial charge in [-0.05, 0) is 13.0 Å². The molecule has 0 radical (unpaired) electrons. The number of aryl methyl sites for hydroxylation is 1. The van der Waals surface area contributed by atoms with Crippen molar-refractivity contribution in [2.24, 2.45) is 0 Å². The molecule has 2 N–H and O–H groups in total. The van der Waals surface area contributed by atoms with Crippen LogP contribution >= 0.6 is 0 Å². The summed E-state index contributed by atoms with van der Waals surface area (Å²) in [5.74, 6) is 0.599. The molecule has 0 aliphatic heterocycles. The van der Waals surface area contributed by atoms with E-state index in [0.717, 1.165) is 16.9 Å². The Morgan fingerprint density at radius 3 is 2.71 bits per heavy atom. The minimum Gasteiger partial charge on any atom is -0.496 e. The van der Waals surface area contributed by atoms with Crippen LogP contribution in [0.25, 0.3) is 0 Å². The number of nitrogen functional groups attached to an aromatic ring is 1. The zero-order valence-corrected chi connectivity index (χ0v) is 12.3. The summed E-state index contributed by atoms with van der Waals surface area (Å²) in [5, 5.41) is 0. The quantitative estimate of drug-likeness (QED) is 0.924. The van der Waals surface area contributed by atoms with Gasteiger partial charge in [0.2, 0.25) is 0 Å². The number of aromatic nitrogens is 2. The van der Waals surface area contributed by atoms with Crippen molar-refractivity contribution in [1.82, 2.24) is 14.9 Å². The second-order valence-corrected chi connectivity index (χ2v) is 4.77. The summed E-state index contributed by atoms with van der Waals surface area (Å²) in [4.78, 5) is 21.8. The second kappa shape index (κ2) is 6.21. The Hall–Kier alpha value is -2.63. The molecule has 0 aliphatic rings. The number of amides is 1. The minimum absolute atomic E-state index is 0.130. The van der Waals surface area contributed by atoms with Crippen LogP contribution in [0.2, 0.25) is 0 Å². The highest BCUT2D eigenvalue weighted by atomic mass is 16.5. The number of carbonyl (C=O) groups is 1. The molecule has 110 valence electrons. The summed E-state index contributed by atoms with van der Waals surface area (Å²) in [5.41, 5.74) is 7.88. The molecule has 0 atom stereocenters. The lowest BCUT2D eigenvalue weighted by atomic mass is 10.1. The fraction of sp³-hybridized carbons (Fsp3) is 0.267. The smallest absolute Gasteiger partial charge is 0.276 e. The van der Waals surface area contributed by atoms with Crippen molar-refractivity contribution in [1.29, 1.82) is 0 Å². The first kappa shape index (κ1) is 14.8. The Balaban J connectivity index is 2.22. The molecule has 1 aromatic carbocycles. The van der Waals surface area contributed by atoms with E-state index in [2.05, 4.69) is 9.97 Å². The first-order valence-electron chi connectivity index (χ1n) is 6.48. The molecular weight excluding hydrogens is 268 g/mol. The summed E-state index contributed by atoms with van der Waals surface area (Å²) in [7, 11) is 3.30. The van der Waals surface area contributed by atoms with Gasteiger partial charge in [0.1, 0.15) is 5.75 Å². The van der Waals surface area contributed by atoms with Crippen molar-refractivity contribution in [2.75, 3.05) is 19.9 Å². The molecule has 6 nitrogen and oxygen atoms in total. The van der Waals surface area contributed by atoms with Gasteiger partial charge in [-0.25, -0.2) is 9.97 Å². The molecule has 0 bridgehead atoms. The Kier molecular flexibility index (Phi) is 4.37. The van der Waals surface area contributed by atoms with Gasteiger partial charge in [-0.15, -0.1) is 0 Å². The molecule has 0 unspecified atom stereocenters. The summed E-state index contributed by atoms with van der Waals surface area (Å²) in [6.07, 6.45) is 2.90. The largest absolute Gasteiger partial charge is 0.496 e. The molecular formula is C15H18N4O2. The lowest BCUT2D eigenvalue weighted by Gasteiger charge is -2.19. The third-order valence-electron chi connectivity index (χ3n) is 3.12. The number of methoxy groups -OCH3 is 1. The number of benzene rings is 1. The monoisotopic (exact) mass is 286 g/mol. The molecule has 0 spiro atoms. The number of nitrogens with zero attached hydrogens (tertiary/aromatic N) is 3. The highest BCUT2D eigenvalue weighted by Gasteiger charge is 2.18. The van der Waals surface area contributed by atoms with Gasteiger partial charge in [-0.3, -0.25) is 4.79 Å². The highest BCUT2D eigenvalue weighted by molar-refractivity contribution is 5.96. The molecule has 0 aliphatic carbocycles. The predicted molar refractivity (Wildman–Crippen MR) is 80.0 cm³/mol. The van der Waals surface area contributed by atoms with Crippen LogP contribution in [0.4, 0.5) is 5.82 Å². The second-order valence-electron chi connectivity index (χ2n) is 4.77. The Morgan fingerprint density at radius 1 is 1.33 bits per heavy atom.